The molecule has 3 rings (SSSR count). The van der Waals surface area contributed by atoms with Gasteiger partial charge in [0.2, 0.25) is 5.91 Å². The fraction of sp³-hybridized carbons (Fsp3) is 0.222. The number of aromatic hydroxyl groups is 1. The largest absolute Gasteiger partial charge is 0.504 e. The molecule has 6 nitrogen and oxygen atoms in total. The summed E-state index contributed by atoms with van der Waals surface area (Å²) in [6.45, 7) is 1.92. The lowest BCUT2D eigenvalue weighted by atomic mass is 10.1. The van der Waals surface area contributed by atoms with Crippen molar-refractivity contribution in [3.63, 3.8) is 0 Å². The molecule has 2 aromatic rings. The Balaban J connectivity index is 2.04. The van der Waals surface area contributed by atoms with E-state index in [9.17, 15) is 14.7 Å². The number of hydrogen-bond acceptors (Lipinski definition) is 4. The van der Waals surface area contributed by atoms with E-state index in [1.54, 1.807) is 4.90 Å². The molecule has 0 aromatic heterocycles. The molecule has 124 valence electrons. The van der Waals surface area contributed by atoms with Gasteiger partial charge in [-0.25, -0.2) is 0 Å². The highest BCUT2D eigenvalue weighted by Crippen LogP contribution is 2.35. The van der Waals surface area contributed by atoms with Crippen LogP contribution in [-0.4, -0.2) is 30.6 Å². The first-order chi connectivity index (χ1) is 11.5. The van der Waals surface area contributed by atoms with E-state index < -0.39 is 0 Å². The van der Waals surface area contributed by atoms with Crippen LogP contribution in [0, 0.1) is 0 Å². The van der Waals surface area contributed by atoms with Gasteiger partial charge in [-0.1, -0.05) is 18.2 Å². The standard InChI is InChI=1S/C18H18N2O4/c1-11(21)19-14-10-16(22)17(24-2)9-13(14)18(23)20-8-7-12-5-3-4-6-15(12)20/h3-6,9-10,22H,7-8H2,1-2H3,(H,19,21). The molecule has 0 spiro atoms. The summed E-state index contributed by atoms with van der Waals surface area (Å²) in [5.74, 6) is -0.531. The molecule has 0 saturated heterocycles. The molecule has 0 atom stereocenters. The molecule has 0 aliphatic carbocycles. The summed E-state index contributed by atoms with van der Waals surface area (Å²) < 4.78 is 5.09. The summed E-state index contributed by atoms with van der Waals surface area (Å²) in [6, 6.07) is 10.5. The van der Waals surface area contributed by atoms with E-state index in [1.165, 1.54) is 26.2 Å². The van der Waals surface area contributed by atoms with Crippen LogP contribution in [0.5, 0.6) is 11.5 Å². The van der Waals surface area contributed by atoms with Gasteiger partial charge in [0.25, 0.3) is 5.91 Å². The number of hydrogen-bond donors (Lipinski definition) is 2. The molecule has 1 aliphatic rings. The maximum absolute atomic E-state index is 13.0. The number of phenolic OH excluding ortho intramolecular Hbond substituents is 1. The minimum absolute atomic E-state index is 0.139. The van der Waals surface area contributed by atoms with E-state index in [-0.39, 0.29) is 34.6 Å². The maximum atomic E-state index is 13.0. The number of para-hydroxylation sites is 1. The number of fused-ring (bicyclic) bond motifs is 1. The van der Waals surface area contributed by atoms with Gasteiger partial charge in [0.05, 0.1) is 18.4 Å². The van der Waals surface area contributed by atoms with Gasteiger partial charge in [-0.05, 0) is 24.1 Å². The number of carbonyl (C=O) groups excluding carboxylic acids is 2. The second-order valence-electron chi connectivity index (χ2n) is 5.59. The first kappa shape index (κ1) is 15.9. The van der Waals surface area contributed by atoms with Gasteiger partial charge in [-0.15, -0.1) is 0 Å². The van der Waals surface area contributed by atoms with Gasteiger partial charge >= 0.3 is 0 Å². The Hall–Kier alpha value is -3.02. The monoisotopic (exact) mass is 326 g/mol. The number of carbonyl (C=O) groups is 2. The fourth-order valence-electron chi connectivity index (χ4n) is 2.90. The number of amides is 2. The highest BCUT2D eigenvalue weighted by Gasteiger charge is 2.28. The van der Waals surface area contributed by atoms with Crippen molar-refractivity contribution in [1.29, 1.82) is 0 Å². The van der Waals surface area contributed by atoms with Crippen LogP contribution in [0.2, 0.25) is 0 Å². The number of nitrogens with one attached hydrogen (secondary N) is 1. The predicted octanol–water partition coefficient (Wildman–Crippen LogP) is 2.56. The van der Waals surface area contributed by atoms with Crippen LogP contribution in [0.3, 0.4) is 0 Å². The van der Waals surface area contributed by atoms with Crippen molar-refractivity contribution in [1.82, 2.24) is 0 Å². The summed E-state index contributed by atoms with van der Waals surface area (Å²) >= 11 is 0. The highest BCUT2D eigenvalue weighted by molar-refractivity contribution is 6.12. The fourth-order valence-corrected chi connectivity index (χ4v) is 2.90. The lowest BCUT2D eigenvalue weighted by Crippen LogP contribution is -2.30. The highest BCUT2D eigenvalue weighted by atomic mass is 16.5. The van der Waals surface area contributed by atoms with Crippen LogP contribution >= 0.6 is 0 Å². The molecule has 24 heavy (non-hydrogen) atoms. The van der Waals surface area contributed by atoms with Gasteiger partial charge in [0, 0.05) is 25.2 Å². The second-order valence-corrected chi connectivity index (χ2v) is 5.59. The third kappa shape index (κ3) is 2.78. The van der Waals surface area contributed by atoms with Crippen LogP contribution in [-0.2, 0) is 11.2 Å². The van der Waals surface area contributed by atoms with E-state index >= 15 is 0 Å². The third-order valence-electron chi connectivity index (χ3n) is 3.99. The van der Waals surface area contributed by atoms with Crippen molar-refractivity contribution >= 4 is 23.2 Å². The van der Waals surface area contributed by atoms with Gasteiger partial charge in [0.1, 0.15) is 0 Å². The molecule has 1 heterocycles. The molecule has 2 amide bonds. The van der Waals surface area contributed by atoms with Gasteiger partial charge in [-0.3, -0.25) is 9.59 Å². The Bertz CT molecular complexity index is 817. The van der Waals surface area contributed by atoms with Gasteiger partial charge < -0.3 is 20.1 Å². The molecular weight excluding hydrogens is 308 g/mol. The smallest absolute Gasteiger partial charge is 0.260 e. The van der Waals surface area contributed by atoms with Crippen LogP contribution < -0.4 is 15.0 Å². The molecule has 6 heteroatoms. The van der Waals surface area contributed by atoms with Crippen molar-refractivity contribution in [3.05, 3.63) is 47.5 Å². The summed E-state index contributed by atoms with van der Waals surface area (Å²) in [6.07, 6.45) is 0.784. The van der Waals surface area contributed by atoms with Gasteiger partial charge in [-0.2, -0.15) is 0 Å². The SMILES string of the molecule is COc1cc(C(=O)N2CCc3ccccc32)c(NC(C)=O)cc1O. The van der Waals surface area contributed by atoms with Crippen LogP contribution in [0.4, 0.5) is 11.4 Å². The molecule has 2 N–H and O–H groups in total. The number of ether oxygens (including phenoxy) is 1. The molecule has 1 aliphatic heterocycles. The average Bonchev–Trinajstić information content (AvgIpc) is 2.98. The van der Waals surface area contributed by atoms with Crippen molar-refractivity contribution in [2.45, 2.75) is 13.3 Å². The van der Waals surface area contributed by atoms with Crippen LogP contribution in [0.25, 0.3) is 0 Å². The number of rotatable bonds is 3. The molecule has 0 fully saturated rings. The Kier molecular flexibility index (Phi) is 4.12. The molecule has 0 radical (unpaired) electrons. The first-order valence-corrected chi connectivity index (χ1v) is 7.59. The lowest BCUT2D eigenvalue weighted by molar-refractivity contribution is -0.114. The van der Waals surface area contributed by atoms with Gasteiger partial charge in [0.15, 0.2) is 11.5 Å². The Morgan fingerprint density at radius 2 is 2.00 bits per heavy atom. The van der Waals surface area contributed by atoms with Crippen molar-refractivity contribution in [2.75, 3.05) is 23.9 Å². The normalized spacial score (nSPS) is 12.7. The van der Waals surface area contributed by atoms with Crippen molar-refractivity contribution in [2.24, 2.45) is 0 Å². The van der Waals surface area contributed by atoms with E-state index in [2.05, 4.69) is 5.32 Å². The zero-order chi connectivity index (χ0) is 17.3. The summed E-state index contributed by atoms with van der Waals surface area (Å²) in [4.78, 5) is 26.1. The maximum Gasteiger partial charge on any atom is 0.260 e. The summed E-state index contributed by atoms with van der Waals surface area (Å²) in [7, 11) is 1.41. The number of methoxy groups -OCH3 is 1. The van der Waals surface area contributed by atoms with Crippen molar-refractivity contribution in [3.8, 4) is 11.5 Å². The number of phenols is 1. The average molecular weight is 326 g/mol. The molecule has 0 bridgehead atoms. The van der Waals surface area contributed by atoms with Crippen LogP contribution in [0.1, 0.15) is 22.8 Å². The molecule has 2 aromatic carbocycles. The van der Waals surface area contributed by atoms with Crippen LogP contribution in [0.15, 0.2) is 36.4 Å². The minimum Gasteiger partial charge on any atom is -0.504 e. The third-order valence-corrected chi connectivity index (χ3v) is 3.99. The summed E-state index contributed by atoms with van der Waals surface area (Å²) in [5.41, 5.74) is 2.51. The summed E-state index contributed by atoms with van der Waals surface area (Å²) in [5, 5.41) is 12.5. The second kappa shape index (κ2) is 6.23. The van der Waals surface area contributed by atoms with Crippen molar-refractivity contribution < 1.29 is 19.4 Å². The number of anilines is 2. The number of benzene rings is 2. The Labute approximate surface area is 139 Å². The molecular formula is C18H18N2O4. The molecule has 0 unspecified atom stereocenters. The van der Waals surface area contributed by atoms with E-state index in [0.29, 0.717) is 6.54 Å². The Morgan fingerprint density at radius 3 is 2.71 bits per heavy atom. The number of nitrogens with zero attached hydrogens (tertiary/aromatic N) is 1. The minimum atomic E-state index is -0.324. The van der Waals surface area contributed by atoms with E-state index in [1.807, 2.05) is 24.3 Å². The Morgan fingerprint density at radius 1 is 1.25 bits per heavy atom. The molecule has 0 saturated carbocycles. The predicted molar refractivity (Wildman–Crippen MR) is 90.8 cm³/mol. The topological polar surface area (TPSA) is 78.9 Å². The van der Waals surface area contributed by atoms with E-state index in [0.717, 1.165) is 17.7 Å². The van der Waals surface area contributed by atoms with E-state index in [4.69, 9.17) is 4.74 Å². The zero-order valence-corrected chi connectivity index (χ0v) is 13.5. The quantitative estimate of drug-likeness (QED) is 0.908. The zero-order valence-electron chi connectivity index (χ0n) is 13.5. The lowest BCUT2D eigenvalue weighted by Gasteiger charge is -2.20. The first-order valence-electron chi connectivity index (χ1n) is 7.59.